The van der Waals surface area contributed by atoms with Gasteiger partial charge in [-0.3, -0.25) is 9.59 Å². The maximum Gasteiger partial charge on any atom is 0.242 e. The largest absolute Gasteiger partial charge is 0.294 e. The Morgan fingerprint density at radius 2 is 1.77 bits per heavy atom. The van der Waals surface area contributed by atoms with E-state index in [0.29, 0.717) is 12.8 Å². The topological polar surface area (TPSA) is 40.6 Å². The second-order valence-electron chi connectivity index (χ2n) is 7.17. The molecule has 0 saturated heterocycles. The highest BCUT2D eigenvalue weighted by molar-refractivity contribution is 7.08. The van der Waals surface area contributed by atoms with Gasteiger partial charge in [0, 0.05) is 44.1 Å². The van der Waals surface area contributed by atoms with Gasteiger partial charge in [-0.05, 0) is 40.3 Å². The second kappa shape index (κ2) is 6.82. The molecule has 0 unspecified atom stereocenters. The number of rotatable bonds is 3. The Morgan fingerprint density at radius 3 is 2.42 bits per heavy atom. The Morgan fingerprint density at radius 1 is 1.00 bits per heavy atom. The molecule has 2 aromatic rings. The number of thiophene rings is 1. The maximum absolute atomic E-state index is 13.2. The minimum Gasteiger partial charge on any atom is -0.294 e. The minimum absolute atomic E-state index is 0.0615. The van der Waals surface area contributed by atoms with Gasteiger partial charge < -0.3 is 0 Å². The molecule has 0 N–H and O–H groups in total. The summed E-state index contributed by atoms with van der Waals surface area (Å²) in [5.41, 5.74) is 3.97. The molecule has 4 nitrogen and oxygen atoms in total. The first-order chi connectivity index (χ1) is 12.6. The summed E-state index contributed by atoms with van der Waals surface area (Å²) in [5.74, 6) is 0.255. The highest BCUT2D eigenvalue weighted by atomic mass is 32.1. The molecule has 1 aliphatic heterocycles. The summed E-state index contributed by atoms with van der Waals surface area (Å²) in [7, 11) is 3.73. The zero-order chi connectivity index (χ0) is 18.3. The fourth-order valence-electron chi connectivity index (χ4n) is 4.20. The lowest BCUT2D eigenvalue weighted by Crippen LogP contribution is -2.47. The molecule has 1 aliphatic carbocycles. The lowest BCUT2D eigenvalue weighted by molar-refractivity contribution is -0.143. The Hall–Kier alpha value is -2.24. The number of hydrogen-bond acceptors (Lipinski definition) is 4. The molecule has 0 fully saturated rings. The monoisotopic (exact) mass is 366 g/mol. The lowest BCUT2D eigenvalue weighted by Gasteiger charge is -2.42. The van der Waals surface area contributed by atoms with E-state index in [1.54, 1.807) is 16.3 Å². The van der Waals surface area contributed by atoms with Crippen molar-refractivity contribution in [1.29, 1.82) is 0 Å². The fourth-order valence-corrected chi connectivity index (χ4v) is 4.92. The third-order valence-corrected chi connectivity index (χ3v) is 6.02. The van der Waals surface area contributed by atoms with E-state index in [2.05, 4.69) is 17.5 Å². The van der Waals surface area contributed by atoms with E-state index in [9.17, 15) is 9.59 Å². The number of hydrogen-bond donors (Lipinski definition) is 0. The van der Waals surface area contributed by atoms with Crippen LogP contribution in [0, 0.1) is 0 Å². The molecule has 134 valence electrons. The summed E-state index contributed by atoms with van der Waals surface area (Å²) < 4.78 is 0. The quantitative estimate of drug-likeness (QED) is 0.826. The van der Waals surface area contributed by atoms with Crippen LogP contribution in [0.2, 0.25) is 0 Å². The van der Waals surface area contributed by atoms with E-state index >= 15 is 0 Å². The van der Waals surface area contributed by atoms with Gasteiger partial charge in [-0.15, -0.1) is 0 Å². The number of carbonyl (C=O) groups excluding carboxylic acids is 2. The maximum atomic E-state index is 13.2. The molecule has 0 spiro atoms. The van der Waals surface area contributed by atoms with Crippen molar-refractivity contribution in [2.75, 3.05) is 14.1 Å². The normalized spacial score (nSPS) is 23.6. The molecule has 2 heterocycles. The summed E-state index contributed by atoms with van der Waals surface area (Å²) >= 11 is 1.61. The second-order valence-corrected chi connectivity index (χ2v) is 7.95. The van der Waals surface area contributed by atoms with Crippen molar-refractivity contribution in [1.82, 2.24) is 10.0 Å². The highest BCUT2D eigenvalue weighted by Gasteiger charge is 2.42. The Balaban J connectivity index is 1.80. The zero-order valence-corrected chi connectivity index (χ0v) is 15.8. The first kappa shape index (κ1) is 17.2. The predicted octanol–water partition coefficient (Wildman–Crippen LogP) is 3.94. The first-order valence-corrected chi connectivity index (χ1v) is 9.84. The lowest BCUT2D eigenvalue weighted by atomic mass is 9.73. The number of Topliss-reactive ketones (excluding diaryl/α,β-unsaturated/α-hetero) is 1. The van der Waals surface area contributed by atoms with Crippen LogP contribution in [0.4, 0.5) is 0 Å². The van der Waals surface area contributed by atoms with Gasteiger partial charge in [0.2, 0.25) is 5.91 Å². The number of nitrogens with zero attached hydrogens (tertiary/aromatic N) is 2. The predicted molar refractivity (Wildman–Crippen MR) is 103 cm³/mol. The molecule has 2 aliphatic rings. The minimum atomic E-state index is -0.107. The fraction of sp³-hybridized carbons (Fsp3) is 0.333. The van der Waals surface area contributed by atoms with Crippen LogP contribution in [0.15, 0.2) is 58.4 Å². The number of ketones is 1. The van der Waals surface area contributed by atoms with Crippen LogP contribution in [-0.2, 0) is 9.59 Å². The van der Waals surface area contributed by atoms with Gasteiger partial charge in [-0.2, -0.15) is 11.3 Å². The molecule has 1 aromatic carbocycles. The number of carbonyl (C=O) groups is 2. The van der Waals surface area contributed by atoms with E-state index in [1.165, 1.54) is 0 Å². The van der Waals surface area contributed by atoms with Crippen LogP contribution in [0.1, 0.15) is 42.2 Å². The molecule has 0 radical (unpaired) electrons. The van der Waals surface area contributed by atoms with Gasteiger partial charge in [0.1, 0.15) is 0 Å². The highest BCUT2D eigenvalue weighted by Crippen LogP contribution is 2.46. The zero-order valence-electron chi connectivity index (χ0n) is 15.0. The Kier molecular flexibility index (Phi) is 4.51. The van der Waals surface area contributed by atoms with Crippen molar-refractivity contribution >= 4 is 23.0 Å². The van der Waals surface area contributed by atoms with Crippen molar-refractivity contribution in [3.8, 4) is 0 Å². The number of hydrazine groups is 1. The SMILES string of the molecule is CN(C)N1C(=O)C[C@@H](c2ccsc2)C2=C1C[C@H](c1ccccc1)CC2=O. The standard InChI is InChI=1S/C21H22N2O2S/c1-22(2)23-18-10-16(14-6-4-3-5-7-14)11-19(24)21(18)17(12-20(23)25)15-8-9-26-13-15/h3-9,13,16-17H,10-12H2,1-2H3/t16-,17-/m0/s1. The van der Waals surface area contributed by atoms with Gasteiger partial charge >= 0.3 is 0 Å². The molecule has 26 heavy (non-hydrogen) atoms. The molecular weight excluding hydrogens is 344 g/mol. The van der Waals surface area contributed by atoms with Crippen molar-refractivity contribution in [3.63, 3.8) is 0 Å². The van der Waals surface area contributed by atoms with Crippen LogP contribution < -0.4 is 0 Å². The smallest absolute Gasteiger partial charge is 0.242 e. The molecule has 1 aromatic heterocycles. The number of allylic oxidation sites excluding steroid dienone is 2. The molecule has 5 heteroatoms. The summed E-state index contributed by atoms with van der Waals surface area (Å²) in [5, 5.41) is 7.59. The third-order valence-electron chi connectivity index (χ3n) is 5.32. The van der Waals surface area contributed by atoms with E-state index in [-0.39, 0.29) is 23.5 Å². The average molecular weight is 366 g/mol. The van der Waals surface area contributed by atoms with Crippen LogP contribution in [0.25, 0.3) is 0 Å². The molecule has 2 atom stereocenters. The number of benzene rings is 1. The summed E-state index contributed by atoms with van der Waals surface area (Å²) in [6.07, 6.45) is 1.59. The van der Waals surface area contributed by atoms with Gasteiger partial charge in [0.05, 0.1) is 0 Å². The van der Waals surface area contributed by atoms with Crippen molar-refractivity contribution < 1.29 is 9.59 Å². The van der Waals surface area contributed by atoms with Crippen LogP contribution >= 0.6 is 11.3 Å². The van der Waals surface area contributed by atoms with Crippen molar-refractivity contribution in [2.24, 2.45) is 0 Å². The Bertz CT molecular complexity index is 855. The van der Waals surface area contributed by atoms with Crippen LogP contribution in [-0.4, -0.2) is 35.8 Å². The van der Waals surface area contributed by atoms with Gasteiger partial charge in [0.15, 0.2) is 5.78 Å². The molecule has 0 saturated carbocycles. The molecule has 4 rings (SSSR count). The summed E-state index contributed by atoms with van der Waals surface area (Å²) in [6.45, 7) is 0. The van der Waals surface area contributed by atoms with Crippen molar-refractivity contribution in [2.45, 2.75) is 31.1 Å². The Labute approximate surface area is 157 Å². The van der Waals surface area contributed by atoms with E-state index in [0.717, 1.165) is 28.8 Å². The van der Waals surface area contributed by atoms with Gasteiger partial charge in [0.25, 0.3) is 0 Å². The van der Waals surface area contributed by atoms with Crippen molar-refractivity contribution in [3.05, 3.63) is 69.6 Å². The van der Waals surface area contributed by atoms with Crippen LogP contribution in [0.3, 0.4) is 0 Å². The van der Waals surface area contributed by atoms with E-state index in [1.807, 2.05) is 48.7 Å². The van der Waals surface area contributed by atoms with E-state index in [4.69, 9.17) is 0 Å². The average Bonchev–Trinajstić information content (AvgIpc) is 3.15. The molecule has 0 bridgehead atoms. The third kappa shape index (κ3) is 2.91. The molecule has 1 amide bonds. The summed E-state index contributed by atoms with van der Waals surface area (Å²) in [6, 6.07) is 12.2. The van der Waals surface area contributed by atoms with Crippen LogP contribution in [0.5, 0.6) is 0 Å². The molecular formula is C21H22N2O2S. The van der Waals surface area contributed by atoms with Gasteiger partial charge in [-0.1, -0.05) is 30.3 Å². The first-order valence-electron chi connectivity index (χ1n) is 8.89. The van der Waals surface area contributed by atoms with E-state index < -0.39 is 0 Å². The van der Waals surface area contributed by atoms with Gasteiger partial charge in [-0.25, -0.2) is 10.0 Å². The summed E-state index contributed by atoms with van der Waals surface area (Å²) in [4.78, 5) is 26.1. The number of amides is 1.